The van der Waals surface area contributed by atoms with Crippen LogP contribution in [0.1, 0.15) is 90.6 Å². The summed E-state index contributed by atoms with van der Waals surface area (Å²) >= 11 is 24.1. The summed E-state index contributed by atoms with van der Waals surface area (Å²) in [5.74, 6) is 2.22. The second kappa shape index (κ2) is 23.8. The molecule has 6 nitrogen and oxygen atoms in total. The third kappa shape index (κ3) is 11.4. The molecule has 0 bridgehead atoms. The normalized spacial score (nSPS) is 14.4. The molecule has 14 heteroatoms. The molecule has 0 spiro atoms. The van der Waals surface area contributed by atoms with Crippen molar-refractivity contribution in [1.82, 2.24) is 9.13 Å². The summed E-state index contributed by atoms with van der Waals surface area (Å²) in [6.45, 7) is 18.6. The SMILES string of the molecule is Cc1cc(Br)cc(C)c1-n1cc[n+](-c2c(C)cc(Br)cc2C)c1[C@@H]1OCc2ccccc21.Cc1cc(Br)cc(C)c1-n1cc[n+](-c2c(C)cc(Br)cc2C)c1[C@@H]1OCc2ccccc21.ClCCl.[Br-].[Br-]. The molecule has 0 fully saturated rings. The van der Waals surface area contributed by atoms with Crippen LogP contribution in [0.2, 0.25) is 0 Å². The van der Waals surface area contributed by atoms with Crippen LogP contribution >= 0.6 is 86.9 Å². The van der Waals surface area contributed by atoms with E-state index in [1.54, 1.807) is 0 Å². The summed E-state index contributed by atoms with van der Waals surface area (Å²) in [7, 11) is 0. The maximum Gasteiger partial charge on any atom is 0.301 e. The Morgan fingerprint density at radius 1 is 0.478 bits per heavy atom. The number of aryl methyl sites for hydroxylation is 8. The average molecular weight is 1350 g/mol. The van der Waals surface area contributed by atoms with Crippen LogP contribution < -0.4 is 43.1 Å². The first-order valence-electron chi connectivity index (χ1n) is 22.0. The maximum atomic E-state index is 6.44. The van der Waals surface area contributed by atoms with Crippen LogP contribution in [-0.2, 0) is 22.7 Å². The van der Waals surface area contributed by atoms with Gasteiger partial charge in [0.1, 0.15) is 47.5 Å². The van der Waals surface area contributed by atoms with Gasteiger partial charge in [0.15, 0.2) is 12.2 Å². The van der Waals surface area contributed by atoms with E-state index in [0.29, 0.717) is 13.2 Å². The molecule has 8 aromatic rings. The molecule has 0 saturated heterocycles. The van der Waals surface area contributed by atoms with Gasteiger partial charge < -0.3 is 43.4 Å². The van der Waals surface area contributed by atoms with Crippen LogP contribution in [0.4, 0.5) is 0 Å². The van der Waals surface area contributed by atoms with E-state index < -0.39 is 0 Å². The lowest BCUT2D eigenvalue weighted by Crippen LogP contribution is -3.00. The molecule has 2 aliphatic heterocycles. The Hall–Kier alpha value is -2.88. The summed E-state index contributed by atoms with van der Waals surface area (Å²) in [6, 6.07) is 34.5. The zero-order valence-corrected chi connectivity index (χ0v) is 50.5. The van der Waals surface area contributed by atoms with Gasteiger partial charge in [-0.15, -0.1) is 23.2 Å². The van der Waals surface area contributed by atoms with Gasteiger partial charge in [0.25, 0.3) is 0 Å². The van der Waals surface area contributed by atoms with Gasteiger partial charge in [0.05, 0.1) is 18.6 Å². The van der Waals surface area contributed by atoms with Crippen molar-refractivity contribution in [2.24, 2.45) is 0 Å². The molecule has 0 saturated carbocycles. The van der Waals surface area contributed by atoms with E-state index in [9.17, 15) is 0 Å². The van der Waals surface area contributed by atoms with E-state index in [1.807, 2.05) is 0 Å². The largest absolute Gasteiger partial charge is 1.00 e. The number of alkyl halides is 2. The lowest BCUT2D eigenvalue weighted by Gasteiger charge is -2.16. The van der Waals surface area contributed by atoms with Gasteiger partial charge in [-0.25, -0.2) is 0 Å². The molecule has 0 aliphatic carbocycles. The van der Waals surface area contributed by atoms with Crippen LogP contribution in [0.15, 0.2) is 140 Å². The van der Waals surface area contributed by atoms with Crippen molar-refractivity contribution in [2.75, 3.05) is 5.34 Å². The summed E-state index contributed by atoms with van der Waals surface area (Å²) in [5, 5.41) is 0.194. The molecule has 360 valence electrons. The topological polar surface area (TPSA) is 36.1 Å². The fraction of sp³-hybridized carbons (Fsp3) is 0.236. The van der Waals surface area contributed by atoms with E-state index in [0.717, 1.165) is 29.5 Å². The fourth-order valence-corrected chi connectivity index (χ4v) is 12.7. The maximum absolute atomic E-state index is 6.44. The Morgan fingerprint density at radius 3 is 1.06 bits per heavy atom. The number of imidazole rings is 2. The van der Waals surface area contributed by atoms with E-state index >= 15 is 0 Å². The molecule has 6 aromatic carbocycles. The van der Waals surface area contributed by atoms with Gasteiger partial charge >= 0.3 is 11.6 Å². The predicted molar refractivity (Wildman–Crippen MR) is 286 cm³/mol. The Kier molecular flexibility index (Phi) is 19.1. The lowest BCUT2D eigenvalue weighted by molar-refractivity contribution is -0.608. The second-order valence-electron chi connectivity index (χ2n) is 17.2. The van der Waals surface area contributed by atoms with Gasteiger partial charge in [-0.2, -0.15) is 18.3 Å². The number of benzene rings is 6. The van der Waals surface area contributed by atoms with Crippen molar-refractivity contribution >= 4 is 86.9 Å². The zero-order chi connectivity index (χ0) is 47.8. The number of halogens is 8. The molecule has 2 atom stereocenters. The van der Waals surface area contributed by atoms with Gasteiger partial charge in [-0.1, -0.05) is 112 Å². The molecule has 0 N–H and O–H groups in total. The smallest absolute Gasteiger partial charge is 0.301 e. The monoisotopic (exact) mass is 1340 g/mol. The number of nitrogens with zero attached hydrogens (tertiary/aromatic N) is 4. The Morgan fingerprint density at radius 2 is 0.754 bits per heavy atom. The molecule has 4 heterocycles. The third-order valence-corrected chi connectivity index (χ3v) is 14.3. The predicted octanol–water partition coefficient (Wildman–Crippen LogP) is 9.69. The highest BCUT2D eigenvalue weighted by Crippen LogP contribution is 2.39. The lowest BCUT2D eigenvalue weighted by atomic mass is 10.0. The van der Waals surface area contributed by atoms with Crippen LogP contribution in [-0.4, -0.2) is 14.5 Å². The van der Waals surface area contributed by atoms with Crippen LogP contribution in [0.25, 0.3) is 22.7 Å². The second-order valence-corrected chi connectivity index (χ2v) is 21.7. The third-order valence-electron chi connectivity index (χ3n) is 12.5. The Balaban J connectivity index is 0.000000209. The highest BCUT2D eigenvalue weighted by molar-refractivity contribution is 9.11. The Labute approximate surface area is 471 Å². The van der Waals surface area contributed by atoms with E-state index in [-0.39, 0.29) is 51.5 Å². The van der Waals surface area contributed by atoms with Gasteiger partial charge in [0.2, 0.25) is 0 Å². The van der Waals surface area contributed by atoms with Crippen molar-refractivity contribution in [2.45, 2.75) is 80.8 Å². The molecule has 2 aromatic heterocycles. The minimum absolute atomic E-state index is 0. The molecule has 0 amide bonds. The summed E-state index contributed by atoms with van der Waals surface area (Å²) < 4.78 is 26.5. The fourth-order valence-electron chi connectivity index (χ4n) is 9.99. The number of rotatable bonds is 6. The minimum Gasteiger partial charge on any atom is -1.00 e. The first-order chi connectivity index (χ1) is 32.1. The quantitative estimate of drug-likeness (QED) is 0.123. The molecule has 10 rings (SSSR count). The van der Waals surface area contributed by atoms with Gasteiger partial charge in [0, 0.05) is 17.9 Å². The molecular formula is C55H52Br6Cl2N4O2. The van der Waals surface area contributed by atoms with Crippen molar-refractivity contribution in [1.29, 1.82) is 0 Å². The van der Waals surface area contributed by atoms with Crippen LogP contribution in [0.3, 0.4) is 0 Å². The number of aromatic nitrogens is 4. The van der Waals surface area contributed by atoms with Gasteiger partial charge in [-0.3, -0.25) is 0 Å². The average Bonchev–Trinajstić information content (AvgIpc) is 4.06. The van der Waals surface area contributed by atoms with Crippen LogP contribution in [0, 0.1) is 55.4 Å². The number of hydrogen-bond donors (Lipinski definition) is 0. The molecule has 0 unspecified atom stereocenters. The van der Waals surface area contributed by atoms with E-state index in [1.165, 1.54) is 89.5 Å². The Bertz CT molecular complexity index is 2720. The van der Waals surface area contributed by atoms with Crippen molar-refractivity contribution in [3.63, 3.8) is 0 Å². The zero-order valence-electron chi connectivity index (χ0n) is 39.5. The number of ether oxygens (including phenoxy) is 2. The van der Waals surface area contributed by atoms with Crippen molar-refractivity contribution in [3.8, 4) is 22.7 Å². The van der Waals surface area contributed by atoms with Crippen LogP contribution in [0.5, 0.6) is 0 Å². The highest BCUT2D eigenvalue weighted by Gasteiger charge is 2.39. The summed E-state index contributed by atoms with van der Waals surface area (Å²) in [6.07, 6.45) is 8.39. The summed E-state index contributed by atoms with van der Waals surface area (Å²) in [5.41, 5.74) is 19.5. The van der Waals surface area contributed by atoms with E-state index in [4.69, 9.17) is 32.7 Å². The van der Waals surface area contributed by atoms with E-state index in [2.05, 4.69) is 259 Å². The highest BCUT2D eigenvalue weighted by atomic mass is 79.9. The number of fused-ring (bicyclic) bond motifs is 2. The molecule has 2 aliphatic rings. The standard InChI is InChI=1S/2C27H25Br2N2O.CH2Cl2.2BrH/c2*1-16-11-21(28)12-17(2)24(16)30-9-10-31(25-18(3)13-22(29)14-19(25)4)27(30)26-23-8-6-5-7-20(23)15-32-26;2-1-3;;/h2*5-14,26H,15H2,1-4H3;1H2;2*1H/q2*+1;;;/p-2/t2*26-;;;/m11.../s1. The molecule has 0 radical (unpaired) electrons. The first-order valence-corrected chi connectivity index (χ1v) is 26.2. The van der Waals surface area contributed by atoms with Crippen molar-refractivity contribution < 1.29 is 52.6 Å². The molecule has 69 heavy (non-hydrogen) atoms. The summed E-state index contributed by atoms with van der Waals surface area (Å²) in [4.78, 5) is 0. The van der Waals surface area contributed by atoms with Gasteiger partial charge in [-0.05, 0) is 171 Å². The first kappa shape index (κ1) is 55.4. The minimum atomic E-state index is -0.147. The molecular weight excluding hydrogens is 1300 g/mol. The number of hydrogen-bond acceptors (Lipinski definition) is 2. The van der Waals surface area contributed by atoms with Crippen molar-refractivity contribution in [3.05, 3.63) is 218 Å².